The number of amides is 3. The van der Waals surface area contributed by atoms with Crippen molar-refractivity contribution in [2.75, 3.05) is 6.54 Å². The van der Waals surface area contributed by atoms with Gasteiger partial charge in [-0.05, 0) is 42.3 Å². The minimum absolute atomic E-state index is 0.129. The molecule has 0 saturated carbocycles. The summed E-state index contributed by atoms with van der Waals surface area (Å²) in [6.07, 6.45) is 0. The smallest absolute Gasteiger partial charge is 0.312 e. The van der Waals surface area contributed by atoms with E-state index in [-0.39, 0.29) is 11.7 Å². The number of nitrogens with one attached hydrogen (secondary N) is 1. The van der Waals surface area contributed by atoms with Gasteiger partial charge < -0.3 is 16.0 Å². The van der Waals surface area contributed by atoms with E-state index in [0.717, 1.165) is 11.1 Å². The van der Waals surface area contributed by atoms with Crippen LogP contribution in [0.4, 0.5) is 9.18 Å². The van der Waals surface area contributed by atoms with E-state index in [2.05, 4.69) is 5.32 Å². The first-order chi connectivity index (χ1) is 11.5. The van der Waals surface area contributed by atoms with Gasteiger partial charge in [0.1, 0.15) is 5.82 Å². The Bertz CT molecular complexity index is 716. The highest BCUT2D eigenvalue weighted by Crippen LogP contribution is 2.12. The Balaban J connectivity index is 2.06. The van der Waals surface area contributed by atoms with Crippen molar-refractivity contribution >= 4 is 11.9 Å². The largest absolute Gasteiger partial charge is 0.352 e. The summed E-state index contributed by atoms with van der Waals surface area (Å²) in [5.74, 6) is -0.446. The number of halogens is 1. The zero-order chi connectivity index (χ0) is 17.5. The molecule has 0 atom stereocenters. The van der Waals surface area contributed by atoms with Crippen molar-refractivity contribution in [1.82, 2.24) is 10.2 Å². The molecule has 0 fully saturated rings. The summed E-state index contributed by atoms with van der Waals surface area (Å²) in [4.78, 5) is 24.9. The van der Waals surface area contributed by atoms with E-state index in [1.54, 1.807) is 41.3 Å². The molecule has 0 unspecified atom stereocenters. The second kappa shape index (κ2) is 8.10. The Morgan fingerprint density at radius 2 is 1.83 bits per heavy atom. The molecule has 0 bridgehead atoms. The number of benzene rings is 2. The fraction of sp³-hybridized carbons (Fsp3) is 0.222. The minimum Gasteiger partial charge on any atom is -0.352 e. The molecule has 0 aromatic heterocycles. The van der Waals surface area contributed by atoms with Gasteiger partial charge in [0.2, 0.25) is 0 Å². The SMILES string of the molecule is CCN(Cc1cccc(F)c1)C(=O)c1ccc(CNC(N)=O)cc1. The lowest BCUT2D eigenvalue weighted by Gasteiger charge is -2.21. The van der Waals surface area contributed by atoms with Crippen LogP contribution < -0.4 is 11.1 Å². The summed E-state index contributed by atoms with van der Waals surface area (Å²) in [5.41, 5.74) is 7.15. The van der Waals surface area contributed by atoms with Crippen LogP contribution in [0.25, 0.3) is 0 Å². The molecule has 2 aromatic carbocycles. The lowest BCUT2D eigenvalue weighted by atomic mass is 10.1. The van der Waals surface area contributed by atoms with Crippen molar-refractivity contribution in [3.63, 3.8) is 0 Å². The zero-order valence-corrected chi connectivity index (χ0v) is 13.5. The predicted molar refractivity (Wildman–Crippen MR) is 89.7 cm³/mol. The Labute approximate surface area is 140 Å². The van der Waals surface area contributed by atoms with Crippen molar-refractivity contribution in [3.05, 3.63) is 71.0 Å². The van der Waals surface area contributed by atoms with Crippen LogP contribution in [-0.4, -0.2) is 23.4 Å². The van der Waals surface area contributed by atoms with E-state index in [0.29, 0.717) is 25.2 Å². The van der Waals surface area contributed by atoms with Crippen LogP contribution in [-0.2, 0) is 13.1 Å². The highest BCUT2D eigenvalue weighted by Gasteiger charge is 2.14. The number of nitrogens with zero attached hydrogens (tertiary/aromatic N) is 1. The quantitative estimate of drug-likeness (QED) is 0.855. The standard InChI is InChI=1S/C18H20FN3O2/c1-2-22(12-14-4-3-5-16(19)10-14)17(23)15-8-6-13(7-9-15)11-21-18(20)24/h3-10H,2,11-12H2,1H3,(H3,20,21,24). The third-order valence-electron chi connectivity index (χ3n) is 3.60. The zero-order valence-electron chi connectivity index (χ0n) is 13.5. The van der Waals surface area contributed by atoms with Crippen LogP contribution in [0, 0.1) is 5.82 Å². The highest BCUT2D eigenvalue weighted by molar-refractivity contribution is 5.94. The molecule has 0 saturated heterocycles. The first-order valence-electron chi connectivity index (χ1n) is 7.65. The van der Waals surface area contributed by atoms with Gasteiger partial charge in [-0.1, -0.05) is 24.3 Å². The molecule has 0 radical (unpaired) electrons. The second-order valence-corrected chi connectivity index (χ2v) is 5.36. The predicted octanol–water partition coefficient (Wildman–Crippen LogP) is 2.66. The fourth-order valence-electron chi connectivity index (χ4n) is 2.32. The molecule has 3 N–H and O–H groups in total. The number of carbonyl (C=O) groups excluding carboxylic acids is 2. The first kappa shape index (κ1) is 17.5. The molecule has 126 valence electrons. The molecular formula is C18H20FN3O2. The van der Waals surface area contributed by atoms with Crippen molar-refractivity contribution in [1.29, 1.82) is 0 Å². The summed E-state index contributed by atoms with van der Waals surface area (Å²) < 4.78 is 13.3. The van der Waals surface area contributed by atoms with Crippen LogP contribution in [0.2, 0.25) is 0 Å². The van der Waals surface area contributed by atoms with Gasteiger partial charge in [0, 0.05) is 25.2 Å². The molecule has 2 aromatic rings. The molecule has 5 nitrogen and oxygen atoms in total. The number of urea groups is 1. The van der Waals surface area contributed by atoms with Gasteiger partial charge >= 0.3 is 6.03 Å². The average molecular weight is 329 g/mol. The van der Waals surface area contributed by atoms with Gasteiger partial charge in [0.25, 0.3) is 5.91 Å². The van der Waals surface area contributed by atoms with Crippen molar-refractivity contribution in [2.24, 2.45) is 5.73 Å². The number of rotatable bonds is 6. The second-order valence-electron chi connectivity index (χ2n) is 5.36. The topological polar surface area (TPSA) is 75.4 Å². The maximum absolute atomic E-state index is 13.3. The van der Waals surface area contributed by atoms with Gasteiger partial charge in [-0.3, -0.25) is 4.79 Å². The molecule has 2 rings (SSSR count). The first-order valence-corrected chi connectivity index (χ1v) is 7.65. The van der Waals surface area contributed by atoms with Gasteiger partial charge in [-0.2, -0.15) is 0 Å². The van der Waals surface area contributed by atoms with Crippen LogP contribution in [0.5, 0.6) is 0 Å². The normalized spacial score (nSPS) is 10.2. The van der Waals surface area contributed by atoms with Gasteiger partial charge in [-0.25, -0.2) is 9.18 Å². The van der Waals surface area contributed by atoms with E-state index >= 15 is 0 Å². The molecule has 0 aliphatic rings. The summed E-state index contributed by atoms with van der Waals surface area (Å²) in [6, 6.07) is 12.6. The van der Waals surface area contributed by atoms with Gasteiger partial charge in [-0.15, -0.1) is 0 Å². The van der Waals surface area contributed by atoms with Gasteiger partial charge in [0.15, 0.2) is 0 Å². The van der Waals surface area contributed by atoms with Crippen molar-refractivity contribution < 1.29 is 14.0 Å². The lowest BCUT2D eigenvalue weighted by Crippen LogP contribution is -2.30. The molecule has 0 heterocycles. The highest BCUT2D eigenvalue weighted by atomic mass is 19.1. The molecule has 0 aliphatic heterocycles. The molecule has 24 heavy (non-hydrogen) atoms. The molecule has 3 amide bonds. The number of nitrogens with two attached hydrogens (primary N) is 1. The Kier molecular flexibility index (Phi) is 5.89. The van der Waals surface area contributed by atoms with Crippen molar-refractivity contribution in [3.8, 4) is 0 Å². The maximum Gasteiger partial charge on any atom is 0.312 e. The Morgan fingerprint density at radius 1 is 1.12 bits per heavy atom. The van der Waals surface area contributed by atoms with Gasteiger partial charge in [0.05, 0.1) is 0 Å². The minimum atomic E-state index is -0.595. The maximum atomic E-state index is 13.3. The third-order valence-corrected chi connectivity index (χ3v) is 3.60. The monoisotopic (exact) mass is 329 g/mol. The van der Waals surface area contributed by atoms with E-state index in [4.69, 9.17) is 5.73 Å². The summed E-state index contributed by atoms with van der Waals surface area (Å²) in [7, 11) is 0. The average Bonchev–Trinajstić information content (AvgIpc) is 2.58. The summed E-state index contributed by atoms with van der Waals surface area (Å²) in [6.45, 7) is 3.05. The van der Waals surface area contributed by atoms with E-state index in [9.17, 15) is 14.0 Å². The fourth-order valence-corrected chi connectivity index (χ4v) is 2.32. The van der Waals surface area contributed by atoms with Crippen LogP contribution in [0.3, 0.4) is 0 Å². The Hall–Kier alpha value is -2.89. The van der Waals surface area contributed by atoms with E-state index in [1.165, 1.54) is 12.1 Å². The molecular weight excluding hydrogens is 309 g/mol. The number of primary amides is 1. The van der Waals surface area contributed by atoms with Crippen LogP contribution >= 0.6 is 0 Å². The lowest BCUT2D eigenvalue weighted by molar-refractivity contribution is 0.0752. The van der Waals surface area contributed by atoms with Crippen molar-refractivity contribution in [2.45, 2.75) is 20.0 Å². The number of carbonyl (C=O) groups is 2. The number of hydrogen-bond donors (Lipinski definition) is 2. The molecule has 0 spiro atoms. The summed E-state index contributed by atoms with van der Waals surface area (Å²) in [5, 5.41) is 2.49. The van der Waals surface area contributed by atoms with Crippen LogP contribution in [0.1, 0.15) is 28.4 Å². The van der Waals surface area contributed by atoms with E-state index in [1.807, 2.05) is 6.92 Å². The molecule has 6 heteroatoms. The summed E-state index contributed by atoms with van der Waals surface area (Å²) >= 11 is 0. The van der Waals surface area contributed by atoms with E-state index < -0.39 is 6.03 Å². The number of hydrogen-bond acceptors (Lipinski definition) is 2. The molecule has 0 aliphatic carbocycles. The third kappa shape index (κ3) is 4.81. The Morgan fingerprint density at radius 3 is 2.42 bits per heavy atom. The van der Waals surface area contributed by atoms with Crippen LogP contribution in [0.15, 0.2) is 48.5 Å².